The van der Waals surface area contributed by atoms with Crippen LogP contribution < -0.4 is 33.2 Å². The summed E-state index contributed by atoms with van der Waals surface area (Å²) >= 11 is 0. The molecule has 0 aromatic rings. The highest BCUT2D eigenvalue weighted by molar-refractivity contribution is 5.95. The molecule has 0 spiro atoms. The van der Waals surface area contributed by atoms with E-state index in [9.17, 15) is 24.0 Å². The summed E-state index contributed by atoms with van der Waals surface area (Å²) in [5.74, 6) is -3.86. The highest BCUT2D eigenvalue weighted by Gasteiger charge is 2.39. The molecular weight excluding hydrogens is 484 g/mol. The zero-order valence-electron chi connectivity index (χ0n) is 22.0. The molecule has 10 N–H and O–H groups in total. The Morgan fingerprint density at radius 1 is 1.03 bits per heavy atom. The molecule has 0 aromatic heterocycles. The standard InChI is InChI=1S/C23H42N8O6/c1-12(2)17(24)20(35)29-14(7-5-9-27-23(25)26)22(37)31-10-6-8-15(31)19(34)30-18(13(3)4)21(36)28-11-16(32)33/h12-15,17-18H,5-11,24H2,1-4H3,(H,28,36)(H,29,35)(H,30,34)(H,32,33)(H4,25,26,27)/t14-,15-,17-,18-/m0/s1. The predicted octanol–water partition coefficient (Wildman–Crippen LogP) is -2.16. The summed E-state index contributed by atoms with van der Waals surface area (Å²) in [5, 5.41) is 16.4. The third-order valence-electron chi connectivity index (χ3n) is 6.08. The quantitative estimate of drug-likeness (QED) is 0.0740. The number of rotatable bonds is 14. The second-order valence-corrected chi connectivity index (χ2v) is 9.81. The molecule has 1 aliphatic rings. The largest absolute Gasteiger partial charge is 0.480 e. The third-order valence-corrected chi connectivity index (χ3v) is 6.08. The first-order chi connectivity index (χ1) is 17.3. The van der Waals surface area contributed by atoms with Crippen LogP contribution in [0.25, 0.3) is 0 Å². The molecule has 37 heavy (non-hydrogen) atoms. The first-order valence-corrected chi connectivity index (χ1v) is 12.5. The van der Waals surface area contributed by atoms with Crippen molar-refractivity contribution in [3.8, 4) is 0 Å². The van der Waals surface area contributed by atoms with E-state index in [1.54, 1.807) is 27.7 Å². The maximum absolute atomic E-state index is 13.5. The summed E-state index contributed by atoms with van der Waals surface area (Å²) in [6, 6.07) is -3.60. The van der Waals surface area contributed by atoms with E-state index in [0.717, 1.165) is 0 Å². The lowest BCUT2D eigenvalue weighted by molar-refractivity contribution is -0.143. The van der Waals surface area contributed by atoms with Crippen LogP contribution in [-0.2, 0) is 24.0 Å². The number of guanidine groups is 1. The molecular formula is C23H42N8O6. The Balaban J connectivity index is 3.02. The van der Waals surface area contributed by atoms with Crippen molar-refractivity contribution in [2.75, 3.05) is 19.6 Å². The number of aliphatic imine (C=N–C) groups is 1. The minimum atomic E-state index is -1.21. The monoisotopic (exact) mass is 526 g/mol. The van der Waals surface area contributed by atoms with Crippen molar-refractivity contribution in [1.82, 2.24) is 20.9 Å². The fraction of sp³-hybridized carbons (Fsp3) is 0.739. The average Bonchev–Trinajstić information content (AvgIpc) is 3.31. The van der Waals surface area contributed by atoms with Crippen LogP contribution in [0, 0.1) is 11.8 Å². The van der Waals surface area contributed by atoms with Gasteiger partial charge in [-0.2, -0.15) is 0 Å². The number of nitrogens with zero attached hydrogens (tertiary/aromatic N) is 2. The van der Waals surface area contributed by atoms with Gasteiger partial charge in [0.25, 0.3) is 0 Å². The molecule has 4 atom stereocenters. The minimum Gasteiger partial charge on any atom is -0.480 e. The van der Waals surface area contributed by atoms with Crippen LogP contribution in [0.2, 0.25) is 0 Å². The summed E-state index contributed by atoms with van der Waals surface area (Å²) < 4.78 is 0. The molecule has 210 valence electrons. The van der Waals surface area contributed by atoms with Gasteiger partial charge in [-0.15, -0.1) is 0 Å². The summed E-state index contributed by atoms with van der Waals surface area (Å²) in [6.45, 7) is 6.98. The lowest BCUT2D eigenvalue weighted by Gasteiger charge is -2.31. The van der Waals surface area contributed by atoms with Gasteiger partial charge in [0.05, 0.1) is 6.04 Å². The fourth-order valence-corrected chi connectivity index (χ4v) is 3.89. The highest BCUT2D eigenvalue weighted by Crippen LogP contribution is 2.20. The number of aliphatic carboxylic acids is 1. The lowest BCUT2D eigenvalue weighted by atomic mass is 10.0. The van der Waals surface area contributed by atoms with E-state index < -0.39 is 60.3 Å². The molecule has 14 heteroatoms. The number of nitrogens with two attached hydrogens (primary N) is 3. The molecule has 4 amide bonds. The van der Waals surface area contributed by atoms with Crippen LogP contribution in [0.15, 0.2) is 4.99 Å². The van der Waals surface area contributed by atoms with Crippen molar-refractivity contribution in [3.63, 3.8) is 0 Å². The van der Waals surface area contributed by atoms with Gasteiger partial charge < -0.3 is 43.2 Å². The number of carboxylic acid groups (broad SMARTS) is 1. The van der Waals surface area contributed by atoms with Crippen molar-refractivity contribution in [2.45, 2.75) is 77.5 Å². The maximum atomic E-state index is 13.5. The van der Waals surface area contributed by atoms with Crippen LogP contribution in [0.3, 0.4) is 0 Å². The number of nitrogens with one attached hydrogen (secondary N) is 3. The Morgan fingerprint density at radius 3 is 2.22 bits per heavy atom. The molecule has 0 aromatic carbocycles. The zero-order valence-corrected chi connectivity index (χ0v) is 22.0. The Labute approximate surface area is 217 Å². The van der Waals surface area contributed by atoms with E-state index in [1.165, 1.54) is 4.90 Å². The van der Waals surface area contributed by atoms with Gasteiger partial charge in [-0.3, -0.25) is 29.0 Å². The van der Waals surface area contributed by atoms with Gasteiger partial charge in [0.1, 0.15) is 24.7 Å². The van der Waals surface area contributed by atoms with E-state index in [0.29, 0.717) is 25.8 Å². The number of carbonyl (C=O) groups excluding carboxylic acids is 4. The minimum absolute atomic E-state index is 0.0860. The maximum Gasteiger partial charge on any atom is 0.322 e. The summed E-state index contributed by atoms with van der Waals surface area (Å²) in [6.07, 6.45) is 1.56. The molecule has 0 unspecified atom stereocenters. The van der Waals surface area contributed by atoms with E-state index >= 15 is 0 Å². The molecule has 0 radical (unpaired) electrons. The summed E-state index contributed by atoms with van der Waals surface area (Å²) in [7, 11) is 0. The molecule has 1 heterocycles. The Morgan fingerprint density at radius 2 is 1.68 bits per heavy atom. The number of carbonyl (C=O) groups is 5. The third kappa shape index (κ3) is 10.2. The molecule has 1 fully saturated rings. The Hall–Kier alpha value is -3.42. The first-order valence-electron chi connectivity index (χ1n) is 12.5. The average molecular weight is 527 g/mol. The van der Waals surface area contributed by atoms with Gasteiger partial charge in [0.15, 0.2) is 5.96 Å². The van der Waals surface area contributed by atoms with Crippen LogP contribution in [0.1, 0.15) is 53.4 Å². The molecule has 14 nitrogen and oxygen atoms in total. The fourth-order valence-electron chi connectivity index (χ4n) is 3.89. The number of hydrogen-bond acceptors (Lipinski definition) is 7. The summed E-state index contributed by atoms with van der Waals surface area (Å²) in [5.41, 5.74) is 16.7. The van der Waals surface area contributed by atoms with Gasteiger partial charge >= 0.3 is 5.97 Å². The van der Waals surface area contributed by atoms with E-state index in [1.807, 2.05) is 0 Å². The topological polar surface area (TPSA) is 235 Å². The van der Waals surface area contributed by atoms with Crippen LogP contribution in [-0.4, -0.2) is 89.4 Å². The predicted molar refractivity (Wildman–Crippen MR) is 137 cm³/mol. The molecule has 1 rings (SSSR count). The number of carboxylic acids is 1. The van der Waals surface area contributed by atoms with Crippen molar-refractivity contribution >= 4 is 35.6 Å². The van der Waals surface area contributed by atoms with Crippen molar-refractivity contribution < 1.29 is 29.1 Å². The number of hydrogen-bond donors (Lipinski definition) is 7. The smallest absolute Gasteiger partial charge is 0.322 e. The Kier molecular flexibility index (Phi) is 12.8. The van der Waals surface area contributed by atoms with Crippen LogP contribution in [0.4, 0.5) is 0 Å². The molecule has 0 bridgehead atoms. The number of likely N-dealkylation sites (tertiary alicyclic amines) is 1. The first kappa shape index (κ1) is 31.6. The normalized spacial score (nSPS) is 17.6. The molecule has 1 aliphatic heterocycles. The molecule has 0 aliphatic carbocycles. The molecule has 1 saturated heterocycles. The van der Waals surface area contributed by atoms with Gasteiger partial charge in [-0.1, -0.05) is 27.7 Å². The summed E-state index contributed by atoms with van der Waals surface area (Å²) in [4.78, 5) is 67.8. The highest BCUT2D eigenvalue weighted by atomic mass is 16.4. The Bertz CT molecular complexity index is 858. The van der Waals surface area contributed by atoms with E-state index in [4.69, 9.17) is 22.3 Å². The van der Waals surface area contributed by atoms with Crippen molar-refractivity contribution in [2.24, 2.45) is 34.0 Å². The van der Waals surface area contributed by atoms with Gasteiger partial charge in [0.2, 0.25) is 23.6 Å². The van der Waals surface area contributed by atoms with Crippen LogP contribution >= 0.6 is 0 Å². The van der Waals surface area contributed by atoms with Crippen molar-refractivity contribution in [3.05, 3.63) is 0 Å². The second-order valence-electron chi connectivity index (χ2n) is 9.81. The zero-order chi connectivity index (χ0) is 28.3. The van der Waals surface area contributed by atoms with Gasteiger partial charge in [0, 0.05) is 13.1 Å². The second kappa shape index (κ2) is 15.0. The number of amides is 4. The lowest BCUT2D eigenvalue weighted by Crippen LogP contribution is -2.58. The van der Waals surface area contributed by atoms with E-state index in [2.05, 4.69) is 20.9 Å². The van der Waals surface area contributed by atoms with Gasteiger partial charge in [-0.05, 0) is 37.5 Å². The molecule has 0 saturated carbocycles. The SMILES string of the molecule is CC(C)[C@H](N)C(=O)N[C@@H](CCCN=C(N)N)C(=O)N1CCC[C@H]1C(=O)N[C@H](C(=O)NCC(=O)O)C(C)C. The van der Waals surface area contributed by atoms with E-state index in [-0.39, 0.29) is 30.8 Å². The van der Waals surface area contributed by atoms with Crippen LogP contribution in [0.5, 0.6) is 0 Å². The van der Waals surface area contributed by atoms with Crippen molar-refractivity contribution in [1.29, 1.82) is 0 Å². The van der Waals surface area contributed by atoms with Gasteiger partial charge in [-0.25, -0.2) is 0 Å².